The van der Waals surface area contributed by atoms with E-state index in [-0.39, 0.29) is 10.8 Å². The fourth-order valence-electron chi connectivity index (χ4n) is 3.48. The lowest BCUT2D eigenvalue weighted by molar-refractivity contribution is -0.137. The molecule has 0 amide bonds. The van der Waals surface area contributed by atoms with E-state index in [0.717, 1.165) is 49.2 Å². The molecule has 3 aromatic rings. The van der Waals surface area contributed by atoms with Crippen LogP contribution in [0.15, 0.2) is 30.5 Å². The summed E-state index contributed by atoms with van der Waals surface area (Å²) in [6.45, 7) is 2.16. The lowest BCUT2D eigenvalue weighted by atomic mass is 9.89. The molecular formula is C19H19ClF3N5. The van der Waals surface area contributed by atoms with E-state index < -0.39 is 11.7 Å². The smallest absolute Gasteiger partial charge is 0.324 e. The number of nitrogens with one attached hydrogen (secondary N) is 2. The molecule has 0 radical (unpaired) electrons. The van der Waals surface area contributed by atoms with Gasteiger partial charge in [0.25, 0.3) is 0 Å². The van der Waals surface area contributed by atoms with Crippen molar-refractivity contribution in [2.45, 2.75) is 24.9 Å². The number of benzene rings is 1. The van der Waals surface area contributed by atoms with Crippen LogP contribution >= 0.6 is 11.6 Å². The van der Waals surface area contributed by atoms with Crippen molar-refractivity contribution in [2.24, 2.45) is 0 Å². The molecule has 3 heterocycles. The van der Waals surface area contributed by atoms with Gasteiger partial charge in [-0.3, -0.25) is 0 Å². The Hall–Kier alpha value is -2.32. The summed E-state index contributed by atoms with van der Waals surface area (Å²) in [6.07, 6.45) is -1.51. The highest BCUT2D eigenvalue weighted by Gasteiger charge is 2.31. The number of nitrogens with zero attached hydrogens (tertiary/aromatic N) is 3. The first-order valence-electron chi connectivity index (χ1n) is 8.97. The molecule has 0 saturated carbocycles. The maximum absolute atomic E-state index is 12.7. The molecule has 1 aliphatic rings. The zero-order valence-corrected chi connectivity index (χ0v) is 15.9. The predicted octanol–water partition coefficient (Wildman–Crippen LogP) is 5.18. The van der Waals surface area contributed by atoms with Crippen LogP contribution in [0.4, 0.5) is 24.9 Å². The number of piperidine rings is 1. The van der Waals surface area contributed by atoms with Crippen molar-refractivity contribution < 1.29 is 13.2 Å². The van der Waals surface area contributed by atoms with Crippen LogP contribution < -0.4 is 5.32 Å². The number of alkyl halides is 3. The second-order valence-corrected chi connectivity index (χ2v) is 7.52. The van der Waals surface area contributed by atoms with Crippen molar-refractivity contribution in [3.8, 4) is 0 Å². The number of fused-ring (bicyclic) bond motifs is 1. The quantitative estimate of drug-likeness (QED) is 0.625. The summed E-state index contributed by atoms with van der Waals surface area (Å²) in [5.74, 6) is 1.01. The molecule has 5 nitrogen and oxygen atoms in total. The van der Waals surface area contributed by atoms with E-state index >= 15 is 0 Å². The maximum Gasteiger partial charge on any atom is 0.417 e. The number of likely N-dealkylation sites (tertiary alicyclic amines) is 1. The molecule has 148 valence electrons. The molecule has 4 rings (SSSR count). The van der Waals surface area contributed by atoms with Gasteiger partial charge in [0.1, 0.15) is 0 Å². The van der Waals surface area contributed by atoms with Gasteiger partial charge in [-0.15, -0.1) is 0 Å². The van der Waals surface area contributed by atoms with Gasteiger partial charge < -0.3 is 15.2 Å². The van der Waals surface area contributed by atoms with Crippen molar-refractivity contribution in [2.75, 3.05) is 25.5 Å². The summed E-state index contributed by atoms with van der Waals surface area (Å²) in [5, 5.41) is 2.74. The lowest BCUT2D eigenvalue weighted by Crippen LogP contribution is -2.29. The standard InChI is InChI=1S/C19H19ClF3N5/c1-28-6-4-11(5-7-28)12-2-3-15-16(8-12)26-18(25-15)27-17-14(20)9-13(10-24-17)19(21,22)23/h2-3,8-11H,4-7H2,1H3,(H2,24,25,26,27). The molecule has 1 aromatic carbocycles. The summed E-state index contributed by atoms with van der Waals surface area (Å²) in [5.41, 5.74) is 2.00. The molecule has 1 saturated heterocycles. The van der Waals surface area contributed by atoms with Gasteiger partial charge >= 0.3 is 6.18 Å². The van der Waals surface area contributed by atoms with Gasteiger partial charge in [-0.05, 0) is 62.7 Å². The van der Waals surface area contributed by atoms with Crippen molar-refractivity contribution in [3.63, 3.8) is 0 Å². The number of halogens is 4. The molecule has 0 bridgehead atoms. The van der Waals surface area contributed by atoms with E-state index in [4.69, 9.17) is 11.6 Å². The van der Waals surface area contributed by atoms with E-state index in [1.807, 2.05) is 6.07 Å². The molecule has 2 N–H and O–H groups in total. The number of aromatic amines is 1. The van der Waals surface area contributed by atoms with Crippen LogP contribution in [-0.4, -0.2) is 40.0 Å². The van der Waals surface area contributed by atoms with Crippen molar-refractivity contribution in [1.29, 1.82) is 0 Å². The SMILES string of the molecule is CN1CCC(c2ccc3nc(Nc4ncc(C(F)(F)F)cc4Cl)[nH]c3c2)CC1. The third-order valence-electron chi connectivity index (χ3n) is 5.10. The minimum atomic E-state index is -4.49. The highest BCUT2D eigenvalue weighted by Crippen LogP contribution is 2.33. The van der Waals surface area contributed by atoms with Crippen LogP contribution in [0.2, 0.25) is 5.02 Å². The Labute approximate surface area is 164 Å². The normalized spacial score (nSPS) is 16.6. The molecule has 0 atom stereocenters. The van der Waals surface area contributed by atoms with Crippen LogP contribution in [0.3, 0.4) is 0 Å². The fraction of sp³-hybridized carbons (Fsp3) is 0.368. The van der Waals surface area contributed by atoms with E-state index in [2.05, 4.69) is 44.3 Å². The Morgan fingerprint density at radius 1 is 1.21 bits per heavy atom. The summed E-state index contributed by atoms with van der Waals surface area (Å²) >= 11 is 5.95. The number of anilines is 2. The summed E-state index contributed by atoms with van der Waals surface area (Å²) in [7, 11) is 2.13. The zero-order valence-electron chi connectivity index (χ0n) is 15.1. The summed E-state index contributed by atoms with van der Waals surface area (Å²) in [6, 6.07) is 6.97. The van der Waals surface area contributed by atoms with Crippen LogP contribution in [0.1, 0.15) is 29.9 Å². The lowest BCUT2D eigenvalue weighted by Gasteiger charge is -2.29. The second-order valence-electron chi connectivity index (χ2n) is 7.12. The Morgan fingerprint density at radius 2 is 1.96 bits per heavy atom. The first-order valence-corrected chi connectivity index (χ1v) is 9.35. The van der Waals surface area contributed by atoms with Gasteiger partial charge in [-0.25, -0.2) is 9.97 Å². The first kappa shape index (κ1) is 19.0. The minimum Gasteiger partial charge on any atom is -0.324 e. The Bertz CT molecular complexity index is 993. The van der Waals surface area contributed by atoms with Crippen molar-refractivity contribution in [3.05, 3.63) is 46.6 Å². The van der Waals surface area contributed by atoms with Gasteiger partial charge in [0.2, 0.25) is 5.95 Å². The van der Waals surface area contributed by atoms with Gasteiger partial charge in [0.15, 0.2) is 5.82 Å². The van der Waals surface area contributed by atoms with E-state index in [1.54, 1.807) is 0 Å². The van der Waals surface area contributed by atoms with Crippen LogP contribution in [0.5, 0.6) is 0 Å². The largest absolute Gasteiger partial charge is 0.417 e. The van der Waals surface area contributed by atoms with Gasteiger partial charge in [0, 0.05) is 6.20 Å². The van der Waals surface area contributed by atoms with E-state index in [0.29, 0.717) is 11.9 Å². The van der Waals surface area contributed by atoms with Gasteiger partial charge in [-0.1, -0.05) is 17.7 Å². The molecule has 1 aliphatic heterocycles. The maximum atomic E-state index is 12.7. The number of imidazole rings is 1. The number of hydrogen-bond acceptors (Lipinski definition) is 4. The van der Waals surface area contributed by atoms with E-state index in [1.165, 1.54) is 5.56 Å². The van der Waals surface area contributed by atoms with Crippen molar-refractivity contribution >= 4 is 34.4 Å². The first-order chi connectivity index (χ1) is 13.3. The topological polar surface area (TPSA) is 56.8 Å². The average Bonchev–Trinajstić information content (AvgIpc) is 3.04. The Balaban J connectivity index is 1.55. The second kappa shape index (κ2) is 7.25. The molecule has 2 aromatic heterocycles. The van der Waals surface area contributed by atoms with Crippen LogP contribution in [0, 0.1) is 0 Å². The summed E-state index contributed by atoms with van der Waals surface area (Å²) in [4.78, 5) is 13.7. The monoisotopic (exact) mass is 409 g/mol. The average molecular weight is 410 g/mol. The Kier molecular flexibility index (Phi) is 4.93. The fourth-order valence-corrected chi connectivity index (χ4v) is 3.69. The van der Waals surface area contributed by atoms with Crippen LogP contribution in [-0.2, 0) is 6.18 Å². The molecule has 28 heavy (non-hydrogen) atoms. The summed E-state index contributed by atoms with van der Waals surface area (Å²) < 4.78 is 38.2. The minimum absolute atomic E-state index is 0.115. The molecule has 0 spiro atoms. The number of aromatic nitrogens is 3. The number of hydrogen-bond donors (Lipinski definition) is 2. The number of pyridine rings is 1. The third-order valence-corrected chi connectivity index (χ3v) is 5.39. The zero-order chi connectivity index (χ0) is 19.9. The predicted molar refractivity (Wildman–Crippen MR) is 103 cm³/mol. The number of H-pyrrole nitrogens is 1. The highest BCUT2D eigenvalue weighted by atomic mass is 35.5. The van der Waals surface area contributed by atoms with Gasteiger partial charge in [0.05, 0.1) is 21.6 Å². The molecular weight excluding hydrogens is 391 g/mol. The van der Waals surface area contributed by atoms with Gasteiger partial charge in [-0.2, -0.15) is 13.2 Å². The molecule has 9 heteroatoms. The third kappa shape index (κ3) is 3.93. The van der Waals surface area contributed by atoms with Crippen molar-refractivity contribution in [1.82, 2.24) is 19.9 Å². The molecule has 0 aliphatic carbocycles. The van der Waals surface area contributed by atoms with Crippen LogP contribution in [0.25, 0.3) is 11.0 Å². The molecule has 1 fully saturated rings. The Morgan fingerprint density at radius 3 is 2.64 bits per heavy atom. The molecule has 0 unspecified atom stereocenters. The van der Waals surface area contributed by atoms with E-state index in [9.17, 15) is 13.2 Å². The highest BCUT2D eigenvalue weighted by molar-refractivity contribution is 6.33. The number of rotatable bonds is 3.